The number of para-hydroxylation sites is 1. The maximum absolute atomic E-state index is 12.1. The van der Waals surface area contributed by atoms with Crippen LogP contribution < -0.4 is 10.1 Å². The number of rotatable bonds is 6. The number of hydrogen-bond acceptors (Lipinski definition) is 2. The fourth-order valence-electron chi connectivity index (χ4n) is 1.36. The van der Waals surface area contributed by atoms with Gasteiger partial charge in [0.1, 0.15) is 5.75 Å². The average molecular weight is 255 g/mol. The van der Waals surface area contributed by atoms with Crippen LogP contribution in [-0.4, -0.2) is 19.1 Å². The summed E-state index contributed by atoms with van der Waals surface area (Å²) >= 11 is 0. The Balaban J connectivity index is 2.55. The van der Waals surface area contributed by atoms with E-state index in [1.807, 2.05) is 0 Å². The highest BCUT2D eigenvalue weighted by Gasteiger charge is 2.06. The number of halogens is 2. The Morgan fingerprint density at radius 3 is 2.83 bits per heavy atom. The molecule has 0 aromatic heterocycles. The summed E-state index contributed by atoms with van der Waals surface area (Å²) in [5, 5.41) is 2.64. The van der Waals surface area contributed by atoms with E-state index in [9.17, 15) is 13.6 Å². The summed E-state index contributed by atoms with van der Waals surface area (Å²) in [5.74, 6) is 0.0492. The van der Waals surface area contributed by atoms with E-state index in [1.165, 1.54) is 13.0 Å². The van der Waals surface area contributed by atoms with Crippen LogP contribution in [0, 0.1) is 0 Å². The van der Waals surface area contributed by atoms with Crippen LogP contribution in [-0.2, 0) is 4.79 Å². The van der Waals surface area contributed by atoms with Gasteiger partial charge in [0, 0.05) is 19.0 Å². The second kappa shape index (κ2) is 7.42. The zero-order valence-electron chi connectivity index (χ0n) is 10.0. The molecule has 98 valence electrons. The molecule has 1 amide bonds. The molecule has 0 aliphatic carbocycles. The first-order valence-corrected chi connectivity index (χ1v) is 5.54. The summed E-state index contributed by atoms with van der Waals surface area (Å²) in [5.41, 5.74) is 0.584. The van der Waals surface area contributed by atoms with Gasteiger partial charge in [-0.05, 0) is 12.5 Å². The van der Waals surface area contributed by atoms with Gasteiger partial charge in [0.25, 0.3) is 0 Å². The van der Waals surface area contributed by atoms with Gasteiger partial charge in [0.2, 0.25) is 5.91 Å². The number of amides is 1. The van der Waals surface area contributed by atoms with E-state index in [4.69, 9.17) is 0 Å². The lowest BCUT2D eigenvalue weighted by Crippen LogP contribution is -2.20. The molecule has 5 heteroatoms. The fourth-order valence-corrected chi connectivity index (χ4v) is 1.36. The molecular weight excluding hydrogens is 240 g/mol. The first-order chi connectivity index (χ1) is 8.59. The van der Waals surface area contributed by atoms with Gasteiger partial charge in [0.05, 0.1) is 0 Å². The van der Waals surface area contributed by atoms with Crippen molar-refractivity contribution in [3.63, 3.8) is 0 Å². The van der Waals surface area contributed by atoms with Gasteiger partial charge in [0.15, 0.2) is 0 Å². The summed E-state index contributed by atoms with van der Waals surface area (Å²) in [4.78, 5) is 10.6. The molecule has 0 aliphatic heterocycles. The van der Waals surface area contributed by atoms with Crippen molar-refractivity contribution in [1.29, 1.82) is 0 Å². The molecule has 0 fully saturated rings. The third-order valence-corrected chi connectivity index (χ3v) is 2.12. The summed E-state index contributed by atoms with van der Waals surface area (Å²) in [6.07, 6.45) is 4.12. The van der Waals surface area contributed by atoms with E-state index in [1.54, 1.807) is 30.4 Å². The average Bonchev–Trinajstić information content (AvgIpc) is 2.29. The van der Waals surface area contributed by atoms with Gasteiger partial charge in [-0.15, -0.1) is 0 Å². The zero-order chi connectivity index (χ0) is 13.4. The number of benzene rings is 1. The lowest BCUT2D eigenvalue weighted by molar-refractivity contribution is -0.118. The minimum absolute atomic E-state index is 0.0927. The molecule has 0 radical (unpaired) electrons. The maximum atomic E-state index is 12.1. The van der Waals surface area contributed by atoms with Gasteiger partial charge in [-0.25, -0.2) is 0 Å². The second-order valence-electron chi connectivity index (χ2n) is 3.59. The number of alkyl halides is 2. The van der Waals surface area contributed by atoms with Crippen molar-refractivity contribution in [1.82, 2.24) is 5.32 Å². The largest absolute Gasteiger partial charge is 0.434 e. The summed E-state index contributed by atoms with van der Waals surface area (Å²) in [6.45, 7) is -0.877. The minimum atomic E-state index is -2.83. The van der Waals surface area contributed by atoms with E-state index in [0.29, 0.717) is 18.5 Å². The van der Waals surface area contributed by atoms with Crippen LogP contribution in [0.4, 0.5) is 8.78 Å². The molecule has 0 saturated carbocycles. The lowest BCUT2D eigenvalue weighted by Gasteiger charge is -2.07. The molecule has 1 N–H and O–H groups in total. The van der Waals surface area contributed by atoms with Crippen molar-refractivity contribution in [3.05, 3.63) is 35.9 Å². The molecule has 3 nitrogen and oxygen atoms in total. The number of carbonyl (C=O) groups excluding carboxylic acids is 1. The highest BCUT2D eigenvalue weighted by Crippen LogP contribution is 2.21. The smallest absolute Gasteiger partial charge is 0.387 e. The Morgan fingerprint density at radius 1 is 1.44 bits per heavy atom. The number of ether oxygens (including phenoxy) is 1. The fraction of sp³-hybridized carbons (Fsp3) is 0.308. The van der Waals surface area contributed by atoms with E-state index in [2.05, 4.69) is 10.1 Å². The quantitative estimate of drug-likeness (QED) is 0.794. The molecule has 1 aromatic carbocycles. The highest BCUT2D eigenvalue weighted by molar-refractivity contribution is 5.72. The van der Waals surface area contributed by atoms with Crippen molar-refractivity contribution >= 4 is 12.0 Å². The molecule has 18 heavy (non-hydrogen) atoms. The van der Waals surface area contributed by atoms with Crippen LogP contribution in [0.1, 0.15) is 18.9 Å². The van der Waals surface area contributed by atoms with E-state index in [0.717, 1.165) is 0 Å². The maximum Gasteiger partial charge on any atom is 0.387 e. The van der Waals surface area contributed by atoms with Crippen LogP contribution in [0.3, 0.4) is 0 Å². The minimum Gasteiger partial charge on any atom is -0.434 e. The van der Waals surface area contributed by atoms with Gasteiger partial charge < -0.3 is 10.1 Å². The molecule has 1 aromatic rings. The zero-order valence-corrected chi connectivity index (χ0v) is 10.0. The Morgan fingerprint density at radius 2 is 2.17 bits per heavy atom. The van der Waals surface area contributed by atoms with E-state index in [-0.39, 0.29) is 11.7 Å². The highest BCUT2D eigenvalue weighted by atomic mass is 19.3. The molecule has 0 bridgehead atoms. The van der Waals surface area contributed by atoms with Crippen LogP contribution in [0.25, 0.3) is 6.08 Å². The Labute approximate surface area is 104 Å². The topological polar surface area (TPSA) is 38.3 Å². The second-order valence-corrected chi connectivity index (χ2v) is 3.59. The molecule has 0 aliphatic rings. The summed E-state index contributed by atoms with van der Waals surface area (Å²) < 4.78 is 28.7. The summed E-state index contributed by atoms with van der Waals surface area (Å²) in [6, 6.07) is 6.55. The van der Waals surface area contributed by atoms with Crippen LogP contribution in [0.15, 0.2) is 30.3 Å². The Kier molecular flexibility index (Phi) is 5.84. The van der Waals surface area contributed by atoms with Crippen LogP contribution in [0.2, 0.25) is 0 Å². The van der Waals surface area contributed by atoms with Crippen molar-refractivity contribution in [2.45, 2.75) is 20.0 Å². The predicted octanol–water partition coefficient (Wildman–Crippen LogP) is 2.83. The predicted molar refractivity (Wildman–Crippen MR) is 65.4 cm³/mol. The van der Waals surface area contributed by atoms with Crippen LogP contribution in [0.5, 0.6) is 5.75 Å². The van der Waals surface area contributed by atoms with E-state index < -0.39 is 6.61 Å². The van der Waals surface area contributed by atoms with Crippen molar-refractivity contribution in [3.8, 4) is 5.75 Å². The third-order valence-electron chi connectivity index (χ3n) is 2.12. The monoisotopic (exact) mass is 255 g/mol. The number of nitrogens with one attached hydrogen (secondary N) is 1. The third kappa shape index (κ3) is 5.43. The Bertz CT molecular complexity index is 419. The lowest BCUT2D eigenvalue weighted by atomic mass is 10.2. The molecule has 0 saturated heterocycles. The molecule has 0 atom stereocenters. The summed E-state index contributed by atoms with van der Waals surface area (Å²) in [7, 11) is 0. The van der Waals surface area contributed by atoms with Crippen molar-refractivity contribution in [2.24, 2.45) is 0 Å². The normalized spacial score (nSPS) is 10.9. The van der Waals surface area contributed by atoms with Crippen LogP contribution >= 0.6 is 0 Å². The van der Waals surface area contributed by atoms with Gasteiger partial charge in [-0.2, -0.15) is 8.78 Å². The molecule has 1 rings (SSSR count). The van der Waals surface area contributed by atoms with Crippen molar-refractivity contribution in [2.75, 3.05) is 6.54 Å². The van der Waals surface area contributed by atoms with Gasteiger partial charge in [-0.1, -0.05) is 30.4 Å². The standard InChI is InChI=1S/C13H15F2NO2/c1-10(17)16-9-5-4-7-11-6-2-3-8-12(11)18-13(14)15/h2-4,6-8,13H,5,9H2,1H3,(H,16,17). The first-order valence-electron chi connectivity index (χ1n) is 5.54. The number of hydrogen-bond donors (Lipinski definition) is 1. The van der Waals surface area contributed by atoms with E-state index >= 15 is 0 Å². The van der Waals surface area contributed by atoms with Crippen molar-refractivity contribution < 1.29 is 18.3 Å². The molecular formula is C13H15F2NO2. The SMILES string of the molecule is CC(=O)NCCC=Cc1ccccc1OC(F)F. The first kappa shape index (κ1) is 14.2. The van der Waals surface area contributed by atoms with Gasteiger partial charge >= 0.3 is 6.61 Å². The molecule has 0 spiro atoms. The Hall–Kier alpha value is -1.91. The molecule has 0 unspecified atom stereocenters. The molecule has 0 heterocycles. The number of carbonyl (C=O) groups is 1. The van der Waals surface area contributed by atoms with Gasteiger partial charge in [-0.3, -0.25) is 4.79 Å².